The predicted molar refractivity (Wildman–Crippen MR) is 68.7 cm³/mol. The lowest BCUT2D eigenvalue weighted by molar-refractivity contribution is -0.385. The Kier molecular flexibility index (Phi) is 4.11. The zero-order valence-electron chi connectivity index (χ0n) is 10.5. The van der Waals surface area contributed by atoms with E-state index in [0.717, 1.165) is 12.8 Å². The van der Waals surface area contributed by atoms with Gasteiger partial charge >= 0.3 is 5.97 Å². The molecule has 1 fully saturated rings. The van der Waals surface area contributed by atoms with Gasteiger partial charge in [-0.2, -0.15) is 0 Å². The van der Waals surface area contributed by atoms with Gasteiger partial charge in [0.2, 0.25) is 0 Å². The Morgan fingerprint density at radius 2 is 2.11 bits per heavy atom. The third kappa shape index (κ3) is 4.03. The van der Waals surface area contributed by atoms with E-state index in [1.807, 2.05) is 0 Å². The van der Waals surface area contributed by atoms with E-state index < -0.39 is 10.9 Å². The molecule has 0 aromatic heterocycles. The van der Waals surface area contributed by atoms with E-state index in [1.165, 1.54) is 6.07 Å². The Morgan fingerprint density at radius 3 is 2.68 bits per heavy atom. The van der Waals surface area contributed by atoms with Gasteiger partial charge in [-0.1, -0.05) is 18.2 Å². The van der Waals surface area contributed by atoms with Crippen LogP contribution in [0.5, 0.6) is 0 Å². The van der Waals surface area contributed by atoms with Crippen LogP contribution in [0, 0.1) is 16.0 Å². The van der Waals surface area contributed by atoms with Crippen molar-refractivity contribution in [1.29, 1.82) is 0 Å². The van der Waals surface area contributed by atoms with Gasteiger partial charge in [-0.3, -0.25) is 19.8 Å². The number of hydrogen-bond donors (Lipinski definition) is 1. The Balaban J connectivity index is 2.10. The minimum Gasteiger partial charge on any atom is -0.480 e. The van der Waals surface area contributed by atoms with Crippen molar-refractivity contribution in [3.8, 4) is 0 Å². The number of rotatable bonds is 7. The van der Waals surface area contributed by atoms with E-state index in [2.05, 4.69) is 0 Å². The molecule has 1 aliphatic carbocycles. The van der Waals surface area contributed by atoms with Crippen molar-refractivity contribution in [1.82, 2.24) is 4.90 Å². The Bertz CT molecular complexity index is 485. The average molecular weight is 264 g/mol. The van der Waals surface area contributed by atoms with Crippen molar-refractivity contribution in [2.24, 2.45) is 5.92 Å². The normalized spacial score (nSPS) is 14.6. The standard InChI is InChI=1S/C13H16N2O4/c16-13(17)9-14(7-10-5-6-10)8-11-3-1-2-4-12(11)15(18)19/h1-4,10H,5-9H2,(H,16,17). The maximum absolute atomic E-state index is 10.9. The van der Waals surface area contributed by atoms with Crippen LogP contribution >= 0.6 is 0 Å². The van der Waals surface area contributed by atoms with Gasteiger partial charge in [-0.15, -0.1) is 0 Å². The number of benzene rings is 1. The number of carboxylic acids is 1. The summed E-state index contributed by atoms with van der Waals surface area (Å²) in [5.74, 6) is -0.360. The smallest absolute Gasteiger partial charge is 0.317 e. The van der Waals surface area contributed by atoms with Gasteiger partial charge in [-0.25, -0.2) is 0 Å². The Labute approximate surface area is 110 Å². The molecule has 0 radical (unpaired) electrons. The highest BCUT2D eigenvalue weighted by Crippen LogP contribution is 2.30. The molecule has 2 rings (SSSR count). The van der Waals surface area contributed by atoms with Crippen LogP contribution in [0.25, 0.3) is 0 Å². The number of carboxylic acid groups (broad SMARTS) is 1. The molecule has 0 amide bonds. The molecule has 1 aromatic rings. The largest absolute Gasteiger partial charge is 0.480 e. The topological polar surface area (TPSA) is 83.7 Å². The molecule has 1 aliphatic rings. The molecular formula is C13H16N2O4. The summed E-state index contributed by atoms with van der Waals surface area (Å²) in [6.07, 6.45) is 2.24. The van der Waals surface area contributed by atoms with Crippen LogP contribution in [0.2, 0.25) is 0 Å². The number of carbonyl (C=O) groups is 1. The van der Waals surface area contributed by atoms with Crippen molar-refractivity contribution < 1.29 is 14.8 Å². The number of nitrogens with zero attached hydrogens (tertiary/aromatic N) is 2. The van der Waals surface area contributed by atoms with Crippen LogP contribution in [0.4, 0.5) is 5.69 Å². The van der Waals surface area contributed by atoms with Crippen LogP contribution in [0.15, 0.2) is 24.3 Å². The van der Waals surface area contributed by atoms with Crippen LogP contribution in [0.3, 0.4) is 0 Å². The van der Waals surface area contributed by atoms with Crippen molar-refractivity contribution in [3.63, 3.8) is 0 Å². The highest BCUT2D eigenvalue weighted by atomic mass is 16.6. The van der Waals surface area contributed by atoms with Gasteiger partial charge < -0.3 is 5.11 Å². The summed E-state index contributed by atoms with van der Waals surface area (Å²) in [6, 6.07) is 6.48. The first kappa shape index (κ1) is 13.5. The molecule has 19 heavy (non-hydrogen) atoms. The fourth-order valence-electron chi connectivity index (χ4n) is 2.11. The highest BCUT2D eigenvalue weighted by molar-refractivity contribution is 5.69. The van der Waals surface area contributed by atoms with Crippen LogP contribution in [0.1, 0.15) is 18.4 Å². The lowest BCUT2D eigenvalue weighted by Gasteiger charge is -2.19. The minimum atomic E-state index is -0.903. The molecule has 0 saturated heterocycles. The van der Waals surface area contributed by atoms with E-state index in [1.54, 1.807) is 23.1 Å². The summed E-state index contributed by atoms with van der Waals surface area (Å²) >= 11 is 0. The summed E-state index contributed by atoms with van der Waals surface area (Å²) in [4.78, 5) is 23.1. The second-order valence-corrected chi connectivity index (χ2v) is 4.89. The Hall–Kier alpha value is -1.95. The zero-order chi connectivity index (χ0) is 13.8. The molecule has 0 aliphatic heterocycles. The molecule has 0 spiro atoms. The molecule has 0 bridgehead atoms. The molecule has 1 N–H and O–H groups in total. The maximum Gasteiger partial charge on any atom is 0.317 e. The third-order valence-corrected chi connectivity index (χ3v) is 3.15. The fourth-order valence-corrected chi connectivity index (χ4v) is 2.11. The second-order valence-electron chi connectivity index (χ2n) is 4.89. The van der Waals surface area contributed by atoms with Crippen molar-refractivity contribution >= 4 is 11.7 Å². The van der Waals surface area contributed by atoms with Crippen LogP contribution in [-0.4, -0.2) is 34.0 Å². The van der Waals surface area contributed by atoms with E-state index >= 15 is 0 Å². The molecule has 6 heteroatoms. The third-order valence-electron chi connectivity index (χ3n) is 3.15. The summed E-state index contributed by atoms with van der Waals surface area (Å²) in [5, 5.41) is 19.8. The van der Waals surface area contributed by atoms with Crippen molar-refractivity contribution in [2.75, 3.05) is 13.1 Å². The first-order valence-electron chi connectivity index (χ1n) is 6.22. The number of hydrogen-bond acceptors (Lipinski definition) is 4. The SMILES string of the molecule is O=C(O)CN(Cc1ccccc1[N+](=O)[O-])CC1CC1. The first-order chi connectivity index (χ1) is 9.06. The van der Waals surface area contributed by atoms with Gasteiger partial charge in [0, 0.05) is 24.7 Å². The predicted octanol–water partition coefficient (Wildman–Crippen LogP) is 1.89. The molecule has 0 unspecified atom stereocenters. The number of aliphatic carboxylic acids is 1. The lowest BCUT2D eigenvalue weighted by Crippen LogP contribution is -2.31. The summed E-state index contributed by atoms with van der Waals surface area (Å²) < 4.78 is 0. The first-order valence-corrected chi connectivity index (χ1v) is 6.22. The van der Waals surface area contributed by atoms with Crippen molar-refractivity contribution in [3.05, 3.63) is 39.9 Å². The number of para-hydroxylation sites is 1. The molecule has 0 atom stereocenters. The van der Waals surface area contributed by atoms with Gasteiger partial charge in [0.25, 0.3) is 5.69 Å². The molecular weight excluding hydrogens is 248 g/mol. The molecule has 1 aromatic carbocycles. The summed E-state index contributed by atoms with van der Waals surface area (Å²) in [5.41, 5.74) is 0.614. The maximum atomic E-state index is 10.9. The number of nitro groups is 1. The van der Waals surface area contributed by atoms with Gasteiger partial charge in [0.1, 0.15) is 0 Å². The van der Waals surface area contributed by atoms with E-state index in [-0.39, 0.29) is 12.2 Å². The average Bonchev–Trinajstić information content (AvgIpc) is 3.12. The van der Waals surface area contributed by atoms with Gasteiger partial charge in [0.05, 0.1) is 11.5 Å². The zero-order valence-corrected chi connectivity index (χ0v) is 10.5. The van der Waals surface area contributed by atoms with E-state index in [9.17, 15) is 14.9 Å². The van der Waals surface area contributed by atoms with E-state index in [0.29, 0.717) is 24.6 Å². The van der Waals surface area contributed by atoms with Gasteiger partial charge in [0.15, 0.2) is 0 Å². The quantitative estimate of drug-likeness (QED) is 0.600. The van der Waals surface area contributed by atoms with Crippen molar-refractivity contribution in [2.45, 2.75) is 19.4 Å². The van der Waals surface area contributed by atoms with Crippen LogP contribution < -0.4 is 0 Å². The van der Waals surface area contributed by atoms with Crippen LogP contribution in [-0.2, 0) is 11.3 Å². The summed E-state index contributed by atoms with van der Waals surface area (Å²) in [7, 11) is 0. The molecule has 102 valence electrons. The second kappa shape index (κ2) is 5.79. The summed E-state index contributed by atoms with van der Waals surface area (Å²) in [6.45, 7) is 0.918. The molecule has 6 nitrogen and oxygen atoms in total. The van der Waals surface area contributed by atoms with E-state index in [4.69, 9.17) is 5.11 Å². The minimum absolute atomic E-state index is 0.0497. The lowest BCUT2D eigenvalue weighted by atomic mass is 10.1. The van der Waals surface area contributed by atoms with Gasteiger partial charge in [-0.05, 0) is 18.8 Å². The Morgan fingerprint density at radius 1 is 1.42 bits per heavy atom. The molecule has 0 heterocycles. The monoisotopic (exact) mass is 264 g/mol. The highest BCUT2D eigenvalue weighted by Gasteiger charge is 2.26. The number of nitro benzene ring substituents is 1. The fraction of sp³-hybridized carbons (Fsp3) is 0.462. The molecule has 1 saturated carbocycles.